The second-order valence-electron chi connectivity index (χ2n) is 3.62. The Labute approximate surface area is 103 Å². The standard InChI is InChI=1S/C11H13ClN2OS/c1-7-6-9(8(2)15-7)11-14-13-10(16-11)4-3-5-12/h6H,3-5H2,1-2H3. The van der Waals surface area contributed by atoms with Crippen molar-refractivity contribution in [1.82, 2.24) is 10.2 Å². The first-order valence-corrected chi connectivity index (χ1v) is 6.51. The fraction of sp³-hybridized carbons (Fsp3) is 0.455. The van der Waals surface area contributed by atoms with Crippen LogP contribution in [0.2, 0.25) is 0 Å². The molecular formula is C11H13ClN2OS. The van der Waals surface area contributed by atoms with Gasteiger partial charge in [-0.25, -0.2) is 0 Å². The molecule has 0 unspecified atom stereocenters. The summed E-state index contributed by atoms with van der Waals surface area (Å²) in [5.74, 6) is 2.47. The van der Waals surface area contributed by atoms with E-state index in [-0.39, 0.29) is 0 Å². The predicted octanol–water partition coefficient (Wildman–Crippen LogP) is 3.59. The minimum Gasteiger partial charge on any atom is -0.466 e. The van der Waals surface area contributed by atoms with E-state index < -0.39 is 0 Å². The summed E-state index contributed by atoms with van der Waals surface area (Å²) < 4.78 is 5.48. The number of aryl methyl sites for hydroxylation is 3. The molecule has 3 nitrogen and oxygen atoms in total. The molecular weight excluding hydrogens is 244 g/mol. The van der Waals surface area contributed by atoms with Crippen LogP contribution in [0.5, 0.6) is 0 Å². The maximum atomic E-state index is 5.65. The summed E-state index contributed by atoms with van der Waals surface area (Å²) in [4.78, 5) is 0. The zero-order valence-electron chi connectivity index (χ0n) is 9.29. The lowest BCUT2D eigenvalue weighted by Crippen LogP contribution is -1.84. The molecule has 0 aliphatic rings. The zero-order valence-corrected chi connectivity index (χ0v) is 10.9. The highest BCUT2D eigenvalue weighted by atomic mass is 35.5. The lowest BCUT2D eigenvalue weighted by molar-refractivity contribution is 0.505. The first kappa shape index (κ1) is 11.6. The van der Waals surface area contributed by atoms with E-state index in [4.69, 9.17) is 16.0 Å². The van der Waals surface area contributed by atoms with E-state index in [0.717, 1.165) is 39.9 Å². The molecule has 0 aliphatic carbocycles. The van der Waals surface area contributed by atoms with E-state index in [1.807, 2.05) is 19.9 Å². The number of nitrogens with zero attached hydrogens (tertiary/aromatic N) is 2. The van der Waals surface area contributed by atoms with Gasteiger partial charge in [0.1, 0.15) is 16.5 Å². The van der Waals surface area contributed by atoms with E-state index >= 15 is 0 Å². The average Bonchev–Trinajstić information content (AvgIpc) is 2.82. The Bertz CT molecular complexity index is 478. The van der Waals surface area contributed by atoms with Gasteiger partial charge in [0.15, 0.2) is 5.01 Å². The molecule has 0 radical (unpaired) electrons. The summed E-state index contributed by atoms with van der Waals surface area (Å²) in [6.45, 7) is 3.88. The molecule has 0 bridgehead atoms. The summed E-state index contributed by atoms with van der Waals surface area (Å²) in [7, 11) is 0. The number of aromatic nitrogens is 2. The summed E-state index contributed by atoms with van der Waals surface area (Å²) in [5, 5.41) is 10.3. The van der Waals surface area contributed by atoms with Crippen LogP contribution in [0.25, 0.3) is 10.6 Å². The molecule has 0 saturated carbocycles. The quantitative estimate of drug-likeness (QED) is 0.785. The lowest BCUT2D eigenvalue weighted by Gasteiger charge is -1.90. The summed E-state index contributed by atoms with van der Waals surface area (Å²) in [6.07, 6.45) is 1.84. The van der Waals surface area contributed by atoms with Gasteiger partial charge in [-0.1, -0.05) is 11.3 Å². The number of hydrogen-bond acceptors (Lipinski definition) is 4. The Kier molecular flexibility index (Phi) is 3.61. The Hall–Kier alpha value is -0.870. The second-order valence-corrected chi connectivity index (χ2v) is 5.06. The minimum atomic E-state index is 0.665. The number of alkyl halides is 1. The Morgan fingerprint density at radius 2 is 2.19 bits per heavy atom. The monoisotopic (exact) mass is 256 g/mol. The van der Waals surface area contributed by atoms with Crippen LogP contribution in [0.4, 0.5) is 0 Å². The van der Waals surface area contributed by atoms with Gasteiger partial charge in [-0.2, -0.15) is 0 Å². The minimum absolute atomic E-state index is 0.665. The van der Waals surface area contributed by atoms with Gasteiger partial charge in [0.2, 0.25) is 0 Å². The highest BCUT2D eigenvalue weighted by Gasteiger charge is 2.12. The van der Waals surface area contributed by atoms with Crippen molar-refractivity contribution in [3.05, 3.63) is 22.6 Å². The zero-order chi connectivity index (χ0) is 11.5. The normalized spacial score (nSPS) is 10.9. The number of halogens is 1. The molecule has 5 heteroatoms. The maximum absolute atomic E-state index is 5.65. The average molecular weight is 257 g/mol. The predicted molar refractivity (Wildman–Crippen MR) is 66.1 cm³/mol. The molecule has 0 fully saturated rings. The van der Waals surface area contributed by atoms with Gasteiger partial charge in [0.25, 0.3) is 0 Å². The molecule has 0 N–H and O–H groups in total. The molecule has 86 valence electrons. The van der Waals surface area contributed by atoms with Crippen LogP contribution >= 0.6 is 22.9 Å². The summed E-state index contributed by atoms with van der Waals surface area (Å²) in [6, 6.07) is 2.00. The van der Waals surface area contributed by atoms with Gasteiger partial charge < -0.3 is 4.42 Å². The van der Waals surface area contributed by atoms with Crippen molar-refractivity contribution >= 4 is 22.9 Å². The van der Waals surface area contributed by atoms with Crippen molar-refractivity contribution in [2.24, 2.45) is 0 Å². The number of rotatable bonds is 4. The molecule has 2 aromatic rings. The van der Waals surface area contributed by atoms with Crippen LogP contribution in [0.3, 0.4) is 0 Å². The van der Waals surface area contributed by atoms with Crippen molar-refractivity contribution < 1.29 is 4.42 Å². The Morgan fingerprint density at radius 3 is 2.81 bits per heavy atom. The fourth-order valence-corrected chi connectivity index (χ4v) is 2.60. The maximum Gasteiger partial charge on any atom is 0.151 e. The molecule has 2 heterocycles. The van der Waals surface area contributed by atoms with E-state index in [9.17, 15) is 0 Å². The van der Waals surface area contributed by atoms with Gasteiger partial charge in [-0.15, -0.1) is 21.8 Å². The van der Waals surface area contributed by atoms with E-state index in [2.05, 4.69) is 10.2 Å². The number of hydrogen-bond donors (Lipinski definition) is 0. The summed E-state index contributed by atoms with van der Waals surface area (Å²) in [5.41, 5.74) is 1.05. The van der Waals surface area contributed by atoms with Crippen LogP contribution in [-0.2, 0) is 6.42 Å². The molecule has 0 atom stereocenters. The van der Waals surface area contributed by atoms with Crippen LogP contribution < -0.4 is 0 Å². The van der Waals surface area contributed by atoms with Gasteiger partial charge in [-0.05, 0) is 26.3 Å². The number of furan rings is 1. The van der Waals surface area contributed by atoms with Crippen LogP contribution in [-0.4, -0.2) is 16.1 Å². The molecule has 2 aromatic heterocycles. The van der Waals surface area contributed by atoms with Crippen LogP contribution in [0.15, 0.2) is 10.5 Å². The summed E-state index contributed by atoms with van der Waals surface area (Å²) >= 11 is 7.26. The first-order chi connectivity index (χ1) is 7.70. The van der Waals surface area contributed by atoms with Crippen molar-refractivity contribution in [3.63, 3.8) is 0 Å². The van der Waals surface area contributed by atoms with Crippen molar-refractivity contribution in [1.29, 1.82) is 0 Å². The third-order valence-corrected chi connectivity index (χ3v) is 3.55. The van der Waals surface area contributed by atoms with E-state index in [0.29, 0.717) is 5.88 Å². The molecule has 0 aromatic carbocycles. The third-order valence-electron chi connectivity index (χ3n) is 2.26. The fourth-order valence-electron chi connectivity index (χ4n) is 1.52. The lowest BCUT2D eigenvalue weighted by atomic mass is 10.2. The molecule has 0 amide bonds. The van der Waals surface area contributed by atoms with Crippen molar-refractivity contribution in [3.8, 4) is 10.6 Å². The smallest absolute Gasteiger partial charge is 0.151 e. The molecule has 0 aliphatic heterocycles. The Morgan fingerprint density at radius 1 is 1.38 bits per heavy atom. The topological polar surface area (TPSA) is 38.9 Å². The molecule has 2 rings (SSSR count). The van der Waals surface area contributed by atoms with Crippen LogP contribution in [0, 0.1) is 13.8 Å². The molecule has 0 spiro atoms. The van der Waals surface area contributed by atoms with Crippen molar-refractivity contribution in [2.75, 3.05) is 5.88 Å². The van der Waals surface area contributed by atoms with Gasteiger partial charge in [-0.3, -0.25) is 0 Å². The van der Waals surface area contributed by atoms with E-state index in [1.165, 1.54) is 0 Å². The second kappa shape index (κ2) is 4.97. The molecule has 0 saturated heterocycles. The highest BCUT2D eigenvalue weighted by molar-refractivity contribution is 7.14. The third kappa shape index (κ3) is 2.44. The van der Waals surface area contributed by atoms with Crippen LogP contribution in [0.1, 0.15) is 22.9 Å². The highest BCUT2D eigenvalue weighted by Crippen LogP contribution is 2.29. The SMILES string of the molecule is Cc1cc(-c2nnc(CCCCl)s2)c(C)o1. The van der Waals surface area contributed by atoms with Gasteiger partial charge in [0.05, 0.1) is 5.56 Å². The largest absolute Gasteiger partial charge is 0.466 e. The van der Waals surface area contributed by atoms with Crippen molar-refractivity contribution in [2.45, 2.75) is 26.7 Å². The first-order valence-electron chi connectivity index (χ1n) is 5.16. The van der Waals surface area contributed by atoms with Gasteiger partial charge >= 0.3 is 0 Å². The van der Waals surface area contributed by atoms with E-state index in [1.54, 1.807) is 11.3 Å². The Balaban J connectivity index is 2.21. The molecule has 16 heavy (non-hydrogen) atoms. The van der Waals surface area contributed by atoms with Gasteiger partial charge in [0, 0.05) is 12.3 Å².